The molecule has 0 aliphatic heterocycles. The topological polar surface area (TPSA) is 21.3 Å². The zero-order valence-electron chi connectivity index (χ0n) is 12.2. The number of nitrogens with one attached hydrogen (secondary N) is 1. The predicted octanol–water partition coefficient (Wildman–Crippen LogP) is 4.58. The first-order valence-electron chi connectivity index (χ1n) is 6.98. The highest BCUT2D eigenvalue weighted by molar-refractivity contribution is 6.30. The van der Waals surface area contributed by atoms with Gasteiger partial charge in [0.05, 0.1) is 13.2 Å². The summed E-state index contributed by atoms with van der Waals surface area (Å²) in [5, 5.41) is 3.78. The van der Waals surface area contributed by atoms with Crippen LogP contribution in [0.5, 0.6) is 5.75 Å². The molecular weight excluding hydrogens is 289 g/mol. The molecule has 0 aliphatic carbocycles. The van der Waals surface area contributed by atoms with E-state index in [1.54, 1.807) is 19.2 Å². The third kappa shape index (κ3) is 3.96. The first kappa shape index (κ1) is 15.8. The molecule has 1 atom stereocenters. The fourth-order valence-electron chi connectivity index (χ4n) is 2.23. The van der Waals surface area contributed by atoms with Crippen molar-refractivity contribution in [3.8, 4) is 5.75 Å². The first-order valence-corrected chi connectivity index (χ1v) is 7.35. The van der Waals surface area contributed by atoms with Crippen molar-refractivity contribution in [3.05, 3.63) is 64.4 Å². The molecule has 2 rings (SSSR count). The number of hydrogen-bond acceptors (Lipinski definition) is 2. The molecule has 2 nitrogen and oxygen atoms in total. The summed E-state index contributed by atoms with van der Waals surface area (Å²) in [5.41, 5.74) is 1.59. The second kappa shape index (κ2) is 7.43. The van der Waals surface area contributed by atoms with Crippen LogP contribution in [0.4, 0.5) is 4.39 Å². The maximum Gasteiger partial charge on any atom is 0.129 e. The summed E-state index contributed by atoms with van der Waals surface area (Å²) in [7, 11) is 1.63. The van der Waals surface area contributed by atoms with E-state index >= 15 is 0 Å². The molecule has 1 N–H and O–H groups in total. The van der Waals surface area contributed by atoms with Gasteiger partial charge in [0.1, 0.15) is 11.6 Å². The Kier molecular flexibility index (Phi) is 5.59. The summed E-state index contributed by atoms with van der Waals surface area (Å²) >= 11 is 5.83. The second-order valence-electron chi connectivity index (χ2n) is 4.83. The van der Waals surface area contributed by atoms with Crippen LogP contribution in [0.25, 0.3) is 0 Å². The van der Waals surface area contributed by atoms with Crippen molar-refractivity contribution in [2.75, 3.05) is 13.7 Å². The third-order valence-corrected chi connectivity index (χ3v) is 3.56. The van der Waals surface area contributed by atoms with Crippen LogP contribution >= 0.6 is 11.6 Å². The number of hydrogen-bond donors (Lipinski definition) is 1. The quantitative estimate of drug-likeness (QED) is 0.843. The van der Waals surface area contributed by atoms with Gasteiger partial charge < -0.3 is 10.1 Å². The highest BCUT2D eigenvalue weighted by Gasteiger charge is 2.17. The minimum absolute atomic E-state index is 0.201. The van der Waals surface area contributed by atoms with E-state index < -0.39 is 0 Å². The summed E-state index contributed by atoms with van der Waals surface area (Å²) in [6, 6.07) is 12.2. The molecule has 4 heteroatoms. The number of halogens is 2. The predicted molar refractivity (Wildman–Crippen MR) is 84.5 cm³/mol. The van der Waals surface area contributed by atoms with Crippen molar-refractivity contribution < 1.29 is 9.13 Å². The molecule has 0 spiro atoms. The lowest BCUT2D eigenvalue weighted by Crippen LogP contribution is -2.24. The van der Waals surface area contributed by atoms with Gasteiger partial charge in [-0.05, 0) is 42.8 Å². The van der Waals surface area contributed by atoms with Crippen molar-refractivity contribution in [1.29, 1.82) is 0 Å². The van der Waals surface area contributed by atoms with Crippen molar-refractivity contribution in [2.45, 2.75) is 19.4 Å². The Bertz CT molecular complexity index is 586. The molecule has 1 unspecified atom stereocenters. The zero-order valence-corrected chi connectivity index (χ0v) is 13.0. The highest BCUT2D eigenvalue weighted by Crippen LogP contribution is 2.27. The Labute approximate surface area is 129 Å². The second-order valence-corrected chi connectivity index (χ2v) is 5.26. The largest absolute Gasteiger partial charge is 0.497 e. The molecule has 0 saturated heterocycles. The van der Waals surface area contributed by atoms with Gasteiger partial charge in [0, 0.05) is 10.6 Å². The highest BCUT2D eigenvalue weighted by atomic mass is 35.5. The molecule has 0 bridgehead atoms. The SMILES string of the molecule is CCCNC(c1ccc(OC)cc1)c1ccc(Cl)cc1F. The minimum atomic E-state index is -0.299. The van der Waals surface area contributed by atoms with Crippen LogP contribution in [0.15, 0.2) is 42.5 Å². The fraction of sp³-hybridized carbons (Fsp3) is 0.294. The summed E-state index contributed by atoms with van der Waals surface area (Å²) < 4.78 is 19.4. The van der Waals surface area contributed by atoms with E-state index in [0.29, 0.717) is 10.6 Å². The molecule has 112 valence electrons. The smallest absolute Gasteiger partial charge is 0.129 e. The van der Waals surface area contributed by atoms with Gasteiger partial charge in [-0.1, -0.05) is 36.7 Å². The van der Waals surface area contributed by atoms with Gasteiger partial charge in [0.15, 0.2) is 0 Å². The van der Waals surface area contributed by atoms with E-state index in [2.05, 4.69) is 12.2 Å². The molecule has 0 amide bonds. The van der Waals surface area contributed by atoms with Crippen LogP contribution in [0.2, 0.25) is 5.02 Å². The van der Waals surface area contributed by atoms with E-state index in [9.17, 15) is 4.39 Å². The Morgan fingerprint density at radius 2 is 1.90 bits per heavy atom. The maximum absolute atomic E-state index is 14.2. The lowest BCUT2D eigenvalue weighted by Gasteiger charge is -2.20. The molecule has 0 saturated carbocycles. The summed E-state index contributed by atoms with van der Waals surface area (Å²) in [5.74, 6) is 0.483. The average molecular weight is 308 g/mol. The lowest BCUT2D eigenvalue weighted by molar-refractivity contribution is 0.414. The molecule has 2 aromatic carbocycles. The summed E-state index contributed by atoms with van der Waals surface area (Å²) in [4.78, 5) is 0. The fourth-order valence-corrected chi connectivity index (χ4v) is 2.39. The zero-order chi connectivity index (χ0) is 15.2. The molecular formula is C17H19ClFNO. The van der Waals surface area contributed by atoms with Crippen LogP contribution < -0.4 is 10.1 Å². The van der Waals surface area contributed by atoms with Gasteiger partial charge in [0.2, 0.25) is 0 Å². The Morgan fingerprint density at radius 3 is 2.48 bits per heavy atom. The maximum atomic E-state index is 14.2. The minimum Gasteiger partial charge on any atom is -0.497 e. The number of methoxy groups -OCH3 is 1. The van der Waals surface area contributed by atoms with Crippen LogP contribution in [0, 0.1) is 5.82 Å². The van der Waals surface area contributed by atoms with Gasteiger partial charge >= 0.3 is 0 Å². The Hall–Kier alpha value is -1.58. The molecule has 2 aromatic rings. The summed E-state index contributed by atoms with van der Waals surface area (Å²) in [6.07, 6.45) is 0.974. The van der Waals surface area contributed by atoms with E-state index in [-0.39, 0.29) is 11.9 Å². The molecule has 21 heavy (non-hydrogen) atoms. The monoisotopic (exact) mass is 307 g/mol. The van der Waals surface area contributed by atoms with Crippen molar-refractivity contribution in [2.24, 2.45) is 0 Å². The van der Waals surface area contributed by atoms with Crippen molar-refractivity contribution in [3.63, 3.8) is 0 Å². The van der Waals surface area contributed by atoms with Crippen LogP contribution in [-0.4, -0.2) is 13.7 Å². The van der Waals surface area contributed by atoms with Crippen LogP contribution in [0.1, 0.15) is 30.5 Å². The standard InChI is InChI=1S/C17H19ClFNO/c1-3-10-20-17(12-4-7-14(21-2)8-5-12)15-9-6-13(18)11-16(15)19/h4-9,11,17,20H,3,10H2,1-2H3. The number of ether oxygens (including phenoxy) is 1. The third-order valence-electron chi connectivity index (χ3n) is 3.32. The average Bonchev–Trinajstić information content (AvgIpc) is 2.50. The summed E-state index contributed by atoms with van der Waals surface area (Å²) in [6.45, 7) is 2.88. The van der Waals surface area contributed by atoms with Gasteiger partial charge in [-0.25, -0.2) is 4.39 Å². The molecule has 0 radical (unpaired) electrons. The van der Waals surface area contributed by atoms with E-state index in [1.165, 1.54) is 6.07 Å². The van der Waals surface area contributed by atoms with Gasteiger partial charge in [-0.2, -0.15) is 0 Å². The van der Waals surface area contributed by atoms with Crippen LogP contribution in [-0.2, 0) is 0 Å². The Morgan fingerprint density at radius 1 is 1.19 bits per heavy atom. The van der Waals surface area contributed by atoms with E-state index in [4.69, 9.17) is 16.3 Å². The van der Waals surface area contributed by atoms with Crippen LogP contribution in [0.3, 0.4) is 0 Å². The number of rotatable bonds is 6. The van der Waals surface area contributed by atoms with Gasteiger partial charge in [-0.3, -0.25) is 0 Å². The molecule has 0 aliphatic rings. The molecule has 0 aromatic heterocycles. The normalized spacial score (nSPS) is 12.2. The van der Waals surface area contributed by atoms with Crippen molar-refractivity contribution >= 4 is 11.6 Å². The lowest BCUT2D eigenvalue weighted by atomic mass is 9.98. The number of benzene rings is 2. The van der Waals surface area contributed by atoms with E-state index in [1.807, 2.05) is 24.3 Å². The van der Waals surface area contributed by atoms with Crippen molar-refractivity contribution in [1.82, 2.24) is 5.32 Å². The van der Waals surface area contributed by atoms with E-state index in [0.717, 1.165) is 24.3 Å². The molecule has 0 fully saturated rings. The van der Waals surface area contributed by atoms with Gasteiger partial charge in [0.25, 0.3) is 0 Å². The Balaban J connectivity index is 2.36. The first-order chi connectivity index (χ1) is 10.2. The van der Waals surface area contributed by atoms with Gasteiger partial charge in [-0.15, -0.1) is 0 Å². The molecule has 0 heterocycles.